The minimum absolute atomic E-state index is 0.111. The van der Waals surface area contributed by atoms with Gasteiger partial charge in [-0.15, -0.1) is 0 Å². The fraction of sp³-hybridized carbons (Fsp3) is 0.467. The molecule has 2 aromatic rings. The van der Waals surface area contributed by atoms with Crippen molar-refractivity contribution in [2.24, 2.45) is 0 Å². The first-order valence-electron chi connectivity index (χ1n) is 6.97. The lowest BCUT2D eigenvalue weighted by molar-refractivity contribution is 0.0697. The maximum absolute atomic E-state index is 11.1. The molecule has 20 heavy (non-hydrogen) atoms. The summed E-state index contributed by atoms with van der Waals surface area (Å²) in [5, 5.41) is 18.3. The molecule has 1 atom stereocenters. The smallest absolute Gasteiger partial charge is 0.335 e. The molecule has 0 aliphatic carbocycles. The maximum Gasteiger partial charge on any atom is 0.335 e. The van der Waals surface area contributed by atoms with Gasteiger partial charge in [0.15, 0.2) is 0 Å². The van der Waals surface area contributed by atoms with Crippen LogP contribution in [0.5, 0.6) is 0 Å². The normalized spacial score (nSPS) is 12.8. The van der Waals surface area contributed by atoms with E-state index in [9.17, 15) is 9.90 Å². The molecule has 108 valence electrons. The Hall–Kier alpha value is -1.88. The Bertz CT molecular complexity index is 619. The predicted octanol–water partition coefficient (Wildman–Crippen LogP) is 2.63. The average Bonchev–Trinajstić information content (AvgIpc) is 2.82. The van der Waals surface area contributed by atoms with Crippen molar-refractivity contribution in [1.82, 2.24) is 9.55 Å². The molecule has 1 heterocycles. The van der Waals surface area contributed by atoms with E-state index in [1.165, 1.54) is 0 Å². The summed E-state index contributed by atoms with van der Waals surface area (Å²) >= 11 is 0. The van der Waals surface area contributed by atoms with Gasteiger partial charge in [-0.25, -0.2) is 9.78 Å². The summed E-state index contributed by atoms with van der Waals surface area (Å²) in [5.41, 5.74) is 1.91. The molecule has 0 radical (unpaired) electrons. The molecule has 2 N–H and O–H groups in total. The number of aryl methyl sites for hydroxylation is 1. The van der Waals surface area contributed by atoms with Crippen molar-refractivity contribution >= 4 is 17.0 Å². The van der Waals surface area contributed by atoms with Gasteiger partial charge in [0.05, 0.1) is 16.6 Å². The molecule has 0 spiro atoms. The van der Waals surface area contributed by atoms with E-state index in [0.717, 1.165) is 29.7 Å². The van der Waals surface area contributed by atoms with Gasteiger partial charge in [0.1, 0.15) is 5.82 Å². The number of nitrogens with zero attached hydrogens (tertiary/aromatic N) is 2. The van der Waals surface area contributed by atoms with Crippen molar-refractivity contribution in [2.45, 2.75) is 39.2 Å². The van der Waals surface area contributed by atoms with Gasteiger partial charge in [-0.2, -0.15) is 0 Å². The first-order valence-corrected chi connectivity index (χ1v) is 6.97. The number of aromatic carboxylic acids is 1. The molecule has 0 bridgehead atoms. The van der Waals surface area contributed by atoms with Crippen LogP contribution in [0.15, 0.2) is 18.2 Å². The summed E-state index contributed by atoms with van der Waals surface area (Å²) < 4.78 is 2.08. The number of aliphatic hydroxyl groups excluding tert-OH is 1. The van der Waals surface area contributed by atoms with Gasteiger partial charge in [0, 0.05) is 19.1 Å². The van der Waals surface area contributed by atoms with Crippen molar-refractivity contribution in [3.63, 3.8) is 0 Å². The molecule has 0 fully saturated rings. The average molecular weight is 276 g/mol. The molecule has 0 aliphatic heterocycles. The molecular weight excluding hydrogens is 256 g/mol. The summed E-state index contributed by atoms with van der Waals surface area (Å²) in [6.45, 7) is 4.20. The van der Waals surface area contributed by atoms with Crippen LogP contribution in [0, 0.1) is 0 Å². The number of benzene rings is 1. The summed E-state index contributed by atoms with van der Waals surface area (Å²) in [4.78, 5) is 15.7. The van der Waals surface area contributed by atoms with Crippen LogP contribution in [-0.2, 0) is 6.42 Å². The van der Waals surface area contributed by atoms with E-state index >= 15 is 0 Å². The zero-order valence-corrected chi connectivity index (χ0v) is 11.8. The quantitative estimate of drug-likeness (QED) is 0.850. The Morgan fingerprint density at radius 1 is 1.40 bits per heavy atom. The number of imidazole rings is 1. The van der Waals surface area contributed by atoms with Gasteiger partial charge in [-0.05, 0) is 31.0 Å². The minimum Gasteiger partial charge on any atom is -0.478 e. The van der Waals surface area contributed by atoms with E-state index in [4.69, 9.17) is 5.11 Å². The van der Waals surface area contributed by atoms with E-state index in [-0.39, 0.29) is 18.2 Å². The fourth-order valence-corrected chi connectivity index (χ4v) is 2.60. The minimum atomic E-state index is -0.937. The second-order valence-corrected chi connectivity index (χ2v) is 4.83. The van der Waals surface area contributed by atoms with E-state index in [2.05, 4.69) is 16.5 Å². The summed E-state index contributed by atoms with van der Waals surface area (Å²) in [7, 11) is 0. The Morgan fingerprint density at radius 3 is 2.70 bits per heavy atom. The number of carbonyl (C=O) groups is 1. The van der Waals surface area contributed by atoms with Gasteiger partial charge in [-0.3, -0.25) is 0 Å². The van der Waals surface area contributed by atoms with Gasteiger partial charge in [0.25, 0.3) is 0 Å². The van der Waals surface area contributed by atoms with Crippen molar-refractivity contribution in [3.8, 4) is 0 Å². The third-order valence-electron chi connectivity index (χ3n) is 3.62. The first-order chi connectivity index (χ1) is 9.62. The van der Waals surface area contributed by atoms with Crippen LogP contribution in [0.1, 0.15) is 48.9 Å². The van der Waals surface area contributed by atoms with Crippen LogP contribution in [-0.4, -0.2) is 32.3 Å². The van der Waals surface area contributed by atoms with Crippen LogP contribution < -0.4 is 0 Å². The Kier molecular flexibility index (Phi) is 4.39. The summed E-state index contributed by atoms with van der Waals surface area (Å²) in [5.74, 6) is -0.00394. The molecule has 2 rings (SSSR count). The SMILES string of the molecule is CCc1nc2ccc(C(=O)O)cc2n1C(CC)CCO. The van der Waals surface area contributed by atoms with Crippen LogP contribution in [0.3, 0.4) is 0 Å². The molecule has 1 aromatic heterocycles. The van der Waals surface area contributed by atoms with Crippen LogP contribution in [0.2, 0.25) is 0 Å². The number of carboxylic acid groups (broad SMARTS) is 1. The maximum atomic E-state index is 11.1. The zero-order valence-electron chi connectivity index (χ0n) is 11.8. The topological polar surface area (TPSA) is 75.3 Å². The third-order valence-corrected chi connectivity index (χ3v) is 3.62. The standard InChI is InChI=1S/C15H20N2O3/c1-3-11(7-8-18)17-13-9-10(15(19)20)5-6-12(13)16-14(17)4-2/h5-6,9,11,18H,3-4,7-8H2,1-2H3,(H,19,20). The second-order valence-electron chi connectivity index (χ2n) is 4.83. The summed E-state index contributed by atoms with van der Waals surface area (Å²) in [6.07, 6.45) is 2.29. The van der Waals surface area contributed by atoms with Crippen LogP contribution in [0.4, 0.5) is 0 Å². The summed E-state index contributed by atoms with van der Waals surface area (Å²) in [6, 6.07) is 5.14. The third kappa shape index (κ3) is 2.54. The van der Waals surface area contributed by atoms with E-state index in [0.29, 0.717) is 6.42 Å². The van der Waals surface area contributed by atoms with Crippen LogP contribution in [0.25, 0.3) is 11.0 Å². The molecule has 5 nitrogen and oxygen atoms in total. The van der Waals surface area contributed by atoms with Crippen LogP contribution >= 0.6 is 0 Å². The predicted molar refractivity (Wildman–Crippen MR) is 77.1 cm³/mol. The van der Waals surface area contributed by atoms with Crippen molar-refractivity contribution in [2.75, 3.05) is 6.61 Å². The van der Waals surface area contributed by atoms with E-state index in [1.807, 2.05) is 6.92 Å². The first kappa shape index (κ1) is 14.5. The highest BCUT2D eigenvalue weighted by molar-refractivity contribution is 5.92. The van der Waals surface area contributed by atoms with Gasteiger partial charge >= 0.3 is 5.97 Å². The molecular formula is C15H20N2O3. The number of hydrogen-bond acceptors (Lipinski definition) is 3. The van der Waals surface area contributed by atoms with Gasteiger partial charge < -0.3 is 14.8 Å². The molecule has 0 amide bonds. The Labute approximate surface area is 117 Å². The molecule has 0 aliphatic rings. The number of aromatic nitrogens is 2. The van der Waals surface area contributed by atoms with Crippen molar-refractivity contribution in [3.05, 3.63) is 29.6 Å². The van der Waals surface area contributed by atoms with Crippen molar-refractivity contribution in [1.29, 1.82) is 0 Å². The van der Waals surface area contributed by atoms with Gasteiger partial charge in [-0.1, -0.05) is 13.8 Å². The highest BCUT2D eigenvalue weighted by atomic mass is 16.4. The lowest BCUT2D eigenvalue weighted by Gasteiger charge is -2.19. The highest BCUT2D eigenvalue weighted by Crippen LogP contribution is 2.26. The second kappa shape index (κ2) is 6.05. The molecule has 0 saturated heterocycles. The van der Waals surface area contributed by atoms with Crippen molar-refractivity contribution < 1.29 is 15.0 Å². The monoisotopic (exact) mass is 276 g/mol. The van der Waals surface area contributed by atoms with E-state index < -0.39 is 5.97 Å². The lowest BCUT2D eigenvalue weighted by atomic mass is 10.1. The van der Waals surface area contributed by atoms with E-state index in [1.54, 1.807) is 18.2 Å². The van der Waals surface area contributed by atoms with Gasteiger partial charge in [0.2, 0.25) is 0 Å². The number of hydrogen-bond donors (Lipinski definition) is 2. The molecule has 0 saturated carbocycles. The number of carboxylic acids is 1. The number of aliphatic hydroxyl groups is 1. The largest absolute Gasteiger partial charge is 0.478 e. The highest BCUT2D eigenvalue weighted by Gasteiger charge is 2.18. The molecule has 5 heteroatoms. The molecule has 1 unspecified atom stereocenters. The zero-order chi connectivity index (χ0) is 14.7. The fourth-order valence-electron chi connectivity index (χ4n) is 2.60. The Balaban J connectivity index is 2.64. The lowest BCUT2D eigenvalue weighted by Crippen LogP contribution is -2.13. The number of fused-ring (bicyclic) bond motifs is 1. The Morgan fingerprint density at radius 2 is 2.15 bits per heavy atom. The molecule has 1 aromatic carbocycles. The number of rotatable bonds is 6.